The first-order chi connectivity index (χ1) is 52.2. The minimum absolute atomic E-state index is 0.000676. The van der Waals surface area contributed by atoms with Crippen LogP contribution in [0, 0.1) is 29.6 Å². The zero-order valence-corrected chi connectivity index (χ0v) is 65.3. The van der Waals surface area contributed by atoms with Crippen LogP contribution in [0.5, 0.6) is 0 Å². The number of aliphatic carboxylic acids is 1. The molecule has 0 heterocycles. The zero-order chi connectivity index (χ0) is 83.4. The Hall–Kier alpha value is -10.9. The highest BCUT2D eigenvalue weighted by Gasteiger charge is 2.37. The van der Waals surface area contributed by atoms with Gasteiger partial charge in [-0.1, -0.05) is 160 Å². The molecule has 0 fully saturated rings. The summed E-state index contributed by atoms with van der Waals surface area (Å²) in [5.41, 5.74) is 7.36. The molecular formula is C76H114N16O19. The second kappa shape index (κ2) is 47.9. The molecule has 0 aromatic heterocycles. The maximum Gasteiger partial charge on any atom is 0.328 e. The van der Waals surface area contributed by atoms with Crippen molar-refractivity contribution in [3.8, 4) is 0 Å². The van der Waals surface area contributed by atoms with E-state index in [0.717, 1.165) is 6.92 Å². The molecule has 3 aromatic rings. The fraction of sp³-hybridized carbons (Fsp3) is 0.553. The Morgan fingerprint density at radius 1 is 0.315 bits per heavy atom. The van der Waals surface area contributed by atoms with E-state index in [4.69, 9.17) is 15.9 Å². The summed E-state index contributed by atoms with van der Waals surface area (Å²) in [6, 6.07) is 9.48. The predicted molar refractivity (Wildman–Crippen MR) is 407 cm³/mol. The van der Waals surface area contributed by atoms with Crippen LogP contribution >= 0.6 is 0 Å². The van der Waals surface area contributed by atoms with Gasteiger partial charge in [-0.15, -0.1) is 0 Å². The van der Waals surface area contributed by atoms with E-state index in [9.17, 15) is 81.8 Å². The van der Waals surface area contributed by atoms with Crippen molar-refractivity contribution in [2.75, 3.05) is 32.8 Å². The molecule has 0 spiro atoms. The van der Waals surface area contributed by atoms with E-state index in [0.29, 0.717) is 16.7 Å². The molecule has 0 aliphatic carbocycles. The summed E-state index contributed by atoms with van der Waals surface area (Å²) in [5.74, 6) is -15.7. The number of hydrogen-bond donors (Lipinski definition) is 19. The lowest BCUT2D eigenvalue weighted by molar-refractivity contribution is -0.143. The van der Waals surface area contributed by atoms with Crippen LogP contribution in [0.4, 0.5) is 0 Å². The third kappa shape index (κ3) is 34.7. The van der Waals surface area contributed by atoms with Gasteiger partial charge in [0.05, 0.1) is 38.9 Å². The van der Waals surface area contributed by atoms with Gasteiger partial charge >= 0.3 is 5.97 Å². The number of nitrogens with one attached hydrogen (secondary N) is 15. The molecular weight excluding hydrogens is 1440 g/mol. The highest BCUT2D eigenvalue weighted by atomic mass is 16.4. The first-order valence-corrected chi connectivity index (χ1v) is 37.0. The summed E-state index contributed by atoms with van der Waals surface area (Å²) in [6.07, 6.45) is -1.70. The number of carboxylic acid groups (broad SMARTS) is 1. The molecule has 0 bridgehead atoms. The Kier molecular flexibility index (Phi) is 40.7. The number of carbonyl (C=O) groups excluding carboxylic acids is 15. The fourth-order valence-electron chi connectivity index (χ4n) is 11.2. The van der Waals surface area contributed by atoms with Crippen LogP contribution in [0.2, 0.25) is 0 Å². The number of aliphatic hydroxyl groups is 2. The minimum Gasteiger partial charge on any atom is -0.480 e. The van der Waals surface area contributed by atoms with Gasteiger partial charge in [-0.3, -0.25) is 71.9 Å². The maximum absolute atomic E-state index is 14.5. The van der Waals surface area contributed by atoms with Gasteiger partial charge in [0.15, 0.2) is 0 Å². The number of carbonyl (C=O) groups is 16. The number of hydrogen-bond acceptors (Lipinski definition) is 19. The van der Waals surface area contributed by atoms with E-state index in [1.807, 2.05) is 5.32 Å². The molecule has 111 heavy (non-hydrogen) atoms. The average Bonchev–Trinajstić information content (AvgIpc) is 0.863. The molecule has 35 nitrogen and oxygen atoms in total. The lowest BCUT2D eigenvalue weighted by Gasteiger charge is -2.29. The maximum atomic E-state index is 14.5. The smallest absolute Gasteiger partial charge is 0.328 e. The molecule has 0 saturated carbocycles. The monoisotopic (exact) mass is 1550 g/mol. The van der Waals surface area contributed by atoms with Crippen molar-refractivity contribution in [2.24, 2.45) is 35.3 Å². The topological polar surface area (TPSA) is 540 Å². The second-order valence-electron chi connectivity index (χ2n) is 29.1. The van der Waals surface area contributed by atoms with E-state index in [-0.39, 0.29) is 62.8 Å². The standard InChI is InChI=1S/C76H114N16O19/c1-40(2)29-51(67(101)79-37-59(96)84-55(33-49-25-19-15-20-26-49)71(105)87-53(31-42(5)6)69(103)81-46(12)66(100)92-64(47(13)94)75(109)82-45(11)65(99)78-36-61(98)85-57(39-93)76(110)111)86-70(104)54(32-48-23-17-14-18-24-48)83-60(97)38-80-68(102)52(30-41(3)4)88-74(108)63(44(9)10)91-72(106)56(34-50-27-21-16-22-28-50)89-73(107)62(43(7)8)90-58(95)35-77/h14-28,40-47,51-57,62-64,93-94H,29-39,77H2,1-13H3,(H,78,99)(H,79,101)(H,80,102)(H,81,103)(H,82,109)(H,83,97)(H,84,96)(H,85,98)(H,86,104)(H,87,105)(H,88,108)(H,89,107)(H,90,95)(H,91,106)(H,92,100)(H,110,111)/t45-,46-,47+,51-,52-,53-,54-,55-,56-,57-,62-,63-,64-/m0/s1. The van der Waals surface area contributed by atoms with Crippen LogP contribution in [0.25, 0.3) is 0 Å². The quantitative estimate of drug-likeness (QED) is 0.0265. The van der Waals surface area contributed by atoms with Gasteiger partial charge in [0.25, 0.3) is 0 Å². The van der Waals surface area contributed by atoms with E-state index in [1.165, 1.54) is 13.8 Å². The van der Waals surface area contributed by atoms with E-state index < -0.39 is 211 Å². The third-order valence-corrected chi connectivity index (χ3v) is 17.2. The molecule has 0 saturated heterocycles. The lowest BCUT2D eigenvalue weighted by atomic mass is 9.98. The molecule has 13 atom stereocenters. The predicted octanol–water partition coefficient (Wildman–Crippen LogP) is -3.21. The minimum atomic E-state index is -1.71. The van der Waals surface area contributed by atoms with Crippen molar-refractivity contribution in [3.63, 3.8) is 0 Å². The molecule has 0 aliphatic heterocycles. The van der Waals surface area contributed by atoms with Crippen LogP contribution in [-0.2, 0) is 96.0 Å². The van der Waals surface area contributed by atoms with Gasteiger partial charge in [-0.05, 0) is 86.3 Å². The summed E-state index contributed by atoms with van der Waals surface area (Å²) >= 11 is 0. The van der Waals surface area contributed by atoms with Crippen LogP contribution in [-0.4, -0.2) is 221 Å². The SMILES string of the molecule is CC(C)C[C@H](NC(=O)[C@H](Cc1ccccc1)NC(=O)CNC(=O)[C@H](CC(C)C)NC(=O)[C@@H](NC(=O)[C@H](Cc1ccccc1)NC(=O)[C@@H](NC(=O)CN)C(C)C)C(C)C)C(=O)NCC(=O)N[C@@H](Cc1ccccc1)C(=O)N[C@@H](CC(C)C)C(=O)N[C@@H](C)C(=O)N[C@H](C(=O)N[C@@H](C)C(=O)NCC(=O)N[C@@H](CO)C(=O)O)[C@@H](C)O. The van der Waals surface area contributed by atoms with Crippen molar-refractivity contribution < 1.29 is 92.0 Å². The summed E-state index contributed by atoms with van der Waals surface area (Å²) in [5, 5.41) is 66.5. The number of benzene rings is 3. The van der Waals surface area contributed by atoms with Gasteiger partial charge in [-0.25, -0.2) is 4.79 Å². The second-order valence-corrected chi connectivity index (χ2v) is 29.1. The molecule has 0 radical (unpaired) electrons. The Balaban J connectivity index is 1.77. The van der Waals surface area contributed by atoms with Crippen molar-refractivity contribution >= 4 is 94.6 Å². The summed E-state index contributed by atoms with van der Waals surface area (Å²) in [7, 11) is 0. The van der Waals surface area contributed by atoms with E-state index >= 15 is 0 Å². The van der Waals surface area contributed by atoms with Crippen LogP contribution in [0.15, 0.2) is 91.0 Å². The van der Waals surface area contributed by atoms with Crippen molar-refractivity contribution in [1.29, 1.82) is 0 Å². The van der Waals surface area contributed by atoms with Gasteiger partial charge in [-0.2, -0.15) is 0 Å². The van der Waals surface area contributed by atoms with Gasteiger partial charge in [0.1, 0.15) is 72.5 Å². The average molecular weight is 1560 g/mol. The van der Waals surface area contributed by atoms with Gasteiger partial charge in [0, 0.05) is 19.3 Å². The lowest BCUT2D eigenvalue weighted by Crippen LogP contribution is -2.60. The zero-order valence-electron chi connectivity index (χ0n) is 65.3. The van der Waals surface area contributed by atoms with Gasteiger partial charge in [0.2, 0.25) is 88.6 Å². The van der Waals surface area contributed by atoms with Crippen molar-refractivity contribution in [2.45, 2.75) is 207 Å². The number of carboxylic acids is 1. The van der Waals surface area contributed by atoms with Crippen LogP contribution < -0.4 is 85.5 Å². The molecule has 3 aromatic carbocycles. The number of nitrogens with two attached hydrogens (primary N) is 1. The Morgan fingerprint density at radius 2 is 0.604 bits per heavy atom. The highest BCUT2D eigenvalue weighted by molar-refractivity contribution is 6.00. The molecule has 15 amide bonds. The molecule has 3 rings (SSSR count). The highest BCUT2D eigenvalue weighted by Crippen LogP contribution is 2.15. The van der Waals surface area contributed by atoms with Crippen molar-refractivity contribution in [1.82, 2.24) is 79.8 Å². The summed E-state index contributed by atoms with van der Waals surface area (Å²) in [6.45, 7) is 17.6. The summed E-state index contributed by atoms with van der Waals surface area (Å²) < 4.78 is 0. The molecule has 35 heteroatoms. The Bertz CT molecular complexity index is 3620. The van der Waals surface area contributed by atoms with Crippen LogP contribution in [0.1, 0.15) is 126 Å². The normalized spacial score (nSPS) is 14.7. The fourth-order valence-corrected chi connectivity index (χ4v) is 11.2. The molecule has 0 aliphatic rings. The molecule has 0 unspecified atom stereocenters. The third-order valence-electron chi connectivity index (χ3n) is 17.2. The van der Waals surface area contributed by atoms with E-state index in [1.54, 1.807) is 160 Å². The molecule has 612 valence electrons. The Labute approximate surface area is 646 Å². The molecule has 20 N–H and O–H groups in total. The number of amides is 15. The number of rotatable bonds is 47. The van der Waals surface area contributed by atoms with Crippen LogP contribution in [0.3, 0.4) is 0 Å². The number of aliphatic hydroxyl groups excluding tert-OH is 2. The van der Waals surface area contributed by atoms with Crippen molar-refractivity contribution in [3.05, 3.63) is 108 Å². The summed E-state index contributed by atoms with van der Waals surface area (Å²) in [4.78, 5) is 216. The first-order valence-electron chi connectivity index (χ1n) is 37.0. The van der Waals surface area contributed by atoms with Gasteiger partial charge < -0.3 is 101 Å². The first kappa shape index (κ1) is 94.3. The Morgan fingerprint density at radius 3 is 0.955 bits per heavy atom. The largest absolute Gasteiger partial charge is 0.480 e. The van der Waals surface area contributed by atoms with E-state index in [2.05, 4.69) is 74.4 Å².